The lowest BCUT2D eigenvalue weighted by Crippen LogP contribution is -2.54. The van der Waals surface area contributed by atoms with Crippen molar-refractivity contribution in [2.75, 3.05) is 20.2 Å². The molecule has 0 bridgehead atoms. The Kier molecular flexibility index (Phi) is 8.99. The first-order chi connectivity index (χ1) is 19.8. The molecule has 3 unspecified atom stereocenters. The molecule has 222 valence electrons. The van der Waals surface area contributed by atoms with Crippen LogP contribution in [0.1, 0.15) is 41.0 Å². The largest absolute Gasteiger partial charge is 0.497 e. The van der Waals surface area contributed by atoms with Crippen LogP contribution in [0.3, 0.4) is 0 Å². The number of ether oxygens (including phenoxy) is 3. The van der Waals surface area contributed by atoms with E-state index < -0.39 is 41.1 Å². The van der Waals surface area contributed by atoms with Crippen LogP contribution in [0.5, 0.6) is 11.5 Å². The number of likely N-dealkylation sites (tertiary alicyclic amines) is 1. The number of carboxylic acids is 1. The van der Waals surface area contributed by atoms with Crippen LogP contribution in [0.15, 0.2) is 59.6 Å². The van der Waals surface area contributed by atoms with Crippen LogP contribution in [-0.2, 0) is 19.1 Å². The number of hydrogen-bond donors (Lipinski definition) is 1. The molecule has 4 rings (SSSR count). The lowest BCUT2D eigenvalue weighted by molar-refractivity contribution is -0.170. The Bertz CT molecular complexity index is 1490. The summed E-state index contributed by atoms with van der Waals surface area (Å²) in [6.45, 7) is 8.96. The molecule has 1 N–H and O–H groups in total. The molecular formula is C32H37N3O7. The van der Waals surface area contributed by atoms with Gasteiger partial charge in [-0.1, -0.05) is 44.2 Å². The van der Waals surface area contributed by atoms with Gasteiger partial charge in [-0.05, 0) is 32.9 Å². The minimum atomic E-state index is -1.14. The number of pyridine rings is 1. The fourth-order valence-corrected chi connectivity index (χ4v) is 5.06. The van der Waals surface area contributed by atoms with Gasteiger partial charge in [0.25, 0.3) is 5.91 Å². The van der Waals surface area contributed by atoms with Crippen molar-refractivity contribution >= 4 is 28.9 Å². The van der Waals surface area contributed by atoms with E-state index in [4.69, 9.17) is 19.2 Å². The minimum Gasteiger partial charge on any atom is -0.497 e. The number of nitrogens with zero attached hydrogens (tertiary/aromatic N) is 3. The third-order valence-electron chi connectivity index (χ3n) is 7.13. The molecule has 42 heavy (non-hydrogen) atoms. The molecule has 1 saturated heterocycles. The van der Waals surface area contributed by atoms with Crippen LogP contribution >= 0.6 is 0 Å². The molecule has 0 spiro atoms. The van der Waals surface area contributed by atoms with Crippen molar-refractivity contribution in [1.82, 2.24) is 9.88 Å². The third-order valence-corrected chi connectivity index (χ3v) is 7.13. The maximum absolute atomic E-state index is 14.0. The topological polar surface area (TPSA) is 128 Å². The highest BCUT2D eigenvalue weighted by molar-refractivity contribution is 5.90. The van der Waals surface area contributed by atoms with E-state index in [1.807, 2.05) is 75.4 Å². The predicted molar refractivity (Wildman–Crippen MR) is 157 cm³/mol. The number of benzene rings is 2. The molecule has 1 fully saturated rings. The van der Waals surface area contributed by atoms with E-state index in [9.17, 15) is 19.5 Å². The van der Waals surface area contributed by atoms with E-state index >= 15 is 0 Å². The molecule has 1 aromatic heterocycles. The second kappa shape index (κ2) is 12.3. The first kappa shape index (κ1) is 30.7. The van der Waals surface area contributed by atoms with Crippen molar-refractivity contribution in [1.29, 1.82) is 0 Å². The highest BCUT2D eigenvalue weighted by Gasteiger charge is 2.48. The number of carboxylic acid groups (broad SMARTS) is 1. The van der Waals surface area contributed by atoms with Gasteiger partial charge in [-0.15, -0.1) is 0 Å². The monoisotopic (exact) mass is 575 g/mol. The SMILES string of the molecule is COc1ccc2c(OC3CC(C(=O)O)N(C(=O)C(OC(C)(C)C)C(C)(C)CN=C=O)C3)cc(-c3ccccc3)nc2c1. The van der Waals surface area contributed by atoms with Gasteiger partial charge < -0.3 is 24.2 Å². The standard InChI is InChI=1S/C32H37N3O7/c1-31(2,3)42-28(32(4,5)18-33-19-36)29(37)35-17-22(15-26(35)30(38)39)41-27-16-24(20-10-8-7-9-11-20)34-25-14-21(40-6)12-13-23(25)27/h7-14,16,22,26,28H,15,17-18H2,1-6H3,(H,38,39). The lowest BCUT2D eigenvalue weighted by Gasteiger charge is -2.39. The summed E-state index contributed by atoms with van der Waals surface area (Å²) >= 11 is 0. The molecule has 2 aromatic carbocycles. The minimum absolute atomic E-state index is 0.0107. The van der Waals surface area contributed by atoms with Crippen LogP contribution < -0.4 is 9.47 Å². The maximum atomic E-state index is 14.0. The van der Waals surface area contributed by atoms with Gasteiger partial charge in [0.05, 0.1) is 37.0 Å². The number of carbonyl (C=O) groups excluding carboxylic acids is 2. The molecule has 1 aliphatic rings. The molecule has 0 saturated carbocycles. The first-order valence-electron chi connectivity index (χ1n) is 13.8. The first-order valence-corrected chi connectivity index (χ1v) is 13.8. The van der Waals surface area contributed by atoms with Crippen LogP contribution in [0.25, 0.3) is 22.2 Å². The molecule has 3 aromatic rings. The normalized spacial score (nSPS) is 17.9. The Morgan fingerprint density at radius 3 is 2.45 bits per heavy atom. The summed E-state index contributed by atoms with van der Waals surface area (Å²) in [5.41, 5.74) is 0.600. The molecule has 10 heteroatoms. The summed E-state index contributed by atoms with van der Waals surface area (Å²) in [6, 6.07) is 15.8. The maximum Gasteiger partial charge on any atom is 0.326 e. The number of aliphatic imine (C=N–C) groups is 1. The number of hydrogen-bond acceptors (Lipinski definition) is 8. The fourth-order valence-electron chi connectivity index (χ4n) is 5.06. The average Bonchev–Trinajstić information content (AvgIpc) is 3.38. The zero-order chi connectivity index (χ0) is 30.7. The van der Waals surface area contributed by atoms with Gasteiger partial charge in [-0.3, -0.25) is 4.79 Å². The van der Waals surface area contributed by atoms with Crippen LogP contribution in [-0.4, -0.2) is 77.0 Å². The lowest BCUT2D eigenvalue weighted by atomic mass is 9.85. The molecule has 10 nitrogen and oxygen atoms in total. The van der Waals surface area contributed by atoms with Crippen LogP contribution in [0.4, 0.5) is 0 Å². The summed E-state index contributed by atoms with van der Waals surface area (Å²) < 4.78 is 18.0. The van der Waals surface area contributed by atoms with E-state index in [0.29, 0.717) is 22.7 Å². The molecule has 0 radical (unpaired) electrons. The van der Waals surface area contributed by atoms with Crippen LogP contribution in [0.2, 0.25) is 0 Å². The van der Waals surface area contributed by atoms with E-state index in [-0.39, 0.29) is 19.5 Å². The summed E-state index contributed by atoms with van der Waals surface area (Å²) in [7, 11) is 1.58. The highest BCUT2D eigenvalue weighted by Crippen LogP contribution is 2.36. The Morgan fingerprint density at radius 2 is 1.83 bits per heavy atom. The summed E-state index contributed by atoms with van der Waals surface area (Å²) in [6.07, 6.45) is -0.0771. The van der Waals surface area contributed by atoms with Gasteiger partial charge in [0, 0.05) is 34.9 Å². The number of aromatic nitrogens is 1. The van der Waals surface area contributed by atoms with Gasteiger partial charge in [0.2, 0.25) is 6.08 Å². The number of aliphatic carboxylic acids is 1. The van der Waals surface area contributed by atoms with Crippen molar-refractivity contribution in [3.8, 4) is 22.8 Å². The summed E-state index contributed by atoms with van der Waals surface area (Å²) in [5.74, 6) is -0.472. The van der Waals surface area contributed by atoms with E-state index in [1.54, 1.807) is 21.0 Å². The highest BCUT2D eigenvalue weighted by atomic mass is 16.5. The van der Waals surface area contributed by atoms with Crippen molar-refractivity contribution in [3.05, 3.63) is 54.6 Å². The Balaban J connectivity index is 1.69. The number of amides is 1. The number of isocyanates is 1. The van der Waals surface area contributed by atoms with Gasteiger partial charge >= 0.3 is 5.97 Å². The summed E-state index contributed by atoms with van der Waals surface area (Å²) in [4.78, 5) is 47.0. The number of rotatable bonds is 10. The second-order valence-electron chi connectivity index (χ2n) is 12.1. The smallest absolute Gasteiger partial charge is 0.326 e. The van der Waals surface area contributed by atoms with Gasteiger partial charge in [-0.25, -0.2) is 19.6 Å². The van der Waals surface area contributed by atoms with Crippen molar-refractivity contribution in [2.24, 2.45) is 10.4 Å². The Labute approximate surface area is 245 Å². The Morgan fingerprint density at radius 1 is 1.12 bits per heavy atom. The van der Waals surface area contributed by atoms with Crippen molar-refractivity contribution < 1.29 is 33.7 Å². The van der Waals surface area contributed by atoms with Crippen molar-refractivity contribution in [3.63, 3.8) is 0 Å². The van der Waals surface area contributed by atoms with Gasteiger partial charge in [0.15, 0.2) is 0 Å². The molecule has 3 atom stereocenters. The van der Waals surface area contributed by atoms with E-state index in [1.165, 1.54) is 11.0 Å². The molecule has 0 aliphatic carbocycles. The zero-order valence-corrected chi connectivity index (χ0v) is 24.8. The molecule has 1 aliphatic heterocycles. The molecule has 1 amide bonds. The molecule has 2 heterocycles. The van der Waals surface area contributed by atoms with Crippen LogP contribution in [0, 0.1) is 5.41 Å². The Hall–Kier alpha value is -4.27. The predicted octanol–water partition coefficient (Wildman–Crippen LogP) is 4.89. The summed E-state index contributed by atoms with van der Waals surface area (Å²) in [5, 5.41) is 10.8. The number of fused-ring (bicyclic) bond motifs is 1. The molecular weight excluding hydrogens is 538 g/mol. The average molecular weight is 576 g/mol. The van der Waals surface area contributed by atoms with Gasteiger partial charge in [-0.2, -0.15) is 0 Å². The second-order valence-corrected chi connectivity index (χ2v) is 12.1. The van der Waals surface area contributed by atoms with Crippen molar-refractivity contribution in [2.45, 2.75) is 64.9 Å². The van der Waals surface area contributed by atoms with Gasteiger partial charge in [0.1, 0.15) is 29.7 Å². The number of methoxy groups -OCH3 is 1. The van der Waals surface area contributed by atoms with E-state index in [2.05, 4.69) is 4.99 Å². The zero-order valence-electron chi connectivity index (χ0n) is 24.8. The number of carbonyl (C=O) groups is 2. The third kappa shape index (κ3) is 6.95. The van der Waals surface area contributed by atoms with E-state index in [0.717, 1.165) is 10.9 Å². The fraction of sp³-hybridized carbons (Fsp3) is 0.438. The quantitative estimate of drug-likeness (QED) is 0.267.